The highest BCUT2D eigenvalue weighted by molar-refractivity contribution is 5.83. The molecule has 1 fully saturated rings. The van der Waals surface area contributed by atoms with E-state index in [9.17, 15) is 5.11 Å². The Bertz CT molecular complexity index is 903. The Hall–Kier alpha value is -2.44. The molecule has 3 aromatic rings. The van der Waals surface area contributed by atoms with Gasteiger partial charge in [-0.1, -0.05) is 25.5 Å². The van der Waals surface area contributed by atoms with Gasteiger partial charge in [0.05, 0.1) is 11.2 Å². The molecule has 0 aliphatic carbocycles. The third-order valence-electron chi connectivity index (χ3n) is 5.45. The molecule has 2 aromatic heterocycles. The van der Waals surface area contributed by atoms with E-state index in [-0.39, 0.29) is 0 Å². The van der Waals surface area contributed by atoms with Gasteiger partial charge in [0, 0.05) is 29.8 Å². The molecule has 4 rings (SSSR count). The van der Waals surface area contributed by atoms with Crippen LogP contribution in [-0.4, -0.2) is 51.0 Å². The molecule has 3 heterocycles. The fourth-order valence-corrected chi connectivity index (χ4v) is 4.05. The fraction of sp³-hybridized carbons (Fsp3) is 0.455. The zero-order chi connectivity index (χ0) is 19.3. The minimum Gasteiger partial charge on any atom is -0.374 e. The summed E-state index contributed by atoms with van der Waals surface area (Å²) in [4.78, 5) is 6.87. The van der Waals surface area contributed by atoms with E-state index in [1.54, 1.807) is 6.20 Å². The Kier molecular flexibility index (Phi) is 5.88. The number of aliphatic hydroxyl groups excluding tert-OH is 1. The van der Waals surface area contributed by atoms with Gasteiger partial charge in [0.1, 0.15) is 12.0 Å². The number of likely N-dealkylation sites (tertiary alicyclic amines) is 1. The summed E-state index contributed by atoms with van der Waals surface area (Å²) < 4.78 is 0. The first-order valence-corrected chi connectivity index (χ1v) is 10.2. The summed E-state index contributed by atoms with van der Waals surface area (Å²) >= 11 is 0. The summed E-state index contributed by atoms with van der Waals surface area (Å²) in [6.45, 7) is 5.64. The van der Waals surface area contributed by atoms with E-state index in [2.05, 4.69) is 44.5 Å². The number of aliphatic hydroxyl groups is 1. The van der Waals surface area contributed by atoms with E-state index in [0.29, 0.717) is 18.2 Å². The van der Waals surface area contributed by atoms with Crippen LogP contribution in [0.5, 0.6) is 0 Å². The molecule has 6 heteroatoms. The highest BCUT2D eigenvalue weighted by Gasteiger charge is 2.17. The standard InChI is InChI=1S/C22H29N5O/c1-16(15-27-10-3-2-4-11-27)12-22(28)24-21-14-20(25-26-21)18-7-8-19-17(13-18)6-5-9-23-19/h5-9,13-14,16,22,28H,2-4,10-12,15H2,1H3,(H2,24,25,26). The van der Waals surface area contributed by atoms with Crippen LogP contribution in [0.15, 0.2) is 42.6 Å². The van der Waals surface area contributed by atoms with Crippen molar-refractivity contribution in [1.82, 2.24) is 20.1 Å². The zero-order valence-electron chi connectivity index (χ0n) is 16.4. The van der Waals surface area contributed by atoms with Gasteiger partial charge in [0.15, 0.2) is 0 Å². The summed E-state index contributed by atoms with van der Waals surface area (Å²) in [7, 11) is 0. The molecule has 2 unspecified atom stereocenters. The van der Waals surface area contributed by atoms with Crippen LogP contribution >= 0.6 is 0 Å². The largest absolute Gasteiger partial charge is 0.374 e. The molecule has 2 atom stereocenters. The maximum absolute atomic E-state index is 10.4. The van der Waals surface area contributed by atoms with Crippen molar-refractivity contribution in [3.63, 3.8) is 0 Å². The Morgan fingerprint density at radius 1 is 1.18 bits per heavy atom. The SMILES string of the molecule is CC(CC(O)Nc1cc(-c2ccc3ncccc3c2)[nH]n1)CN1CCCCC1. The topological polar surface area (TPSA) is 77.1 Å². The third kappa shape index (κ3) is 4.69. The van der Waals surface area contributed by atoms with E-state index >= 15 is 0 Å². The number of H-pyrrole nitrogens is 1. The van der Waals surface area contributed by atoms with Crippen LogP contribution in [0.1, 0.15) is 32.6 Å². The van der Waals surface area contributed by atoms with Gasteiger partial charge in [0.25, 0.3) is 0 Å². The molecule has 3 N–H and O–H groups in total. The van der Waals surface area contributed by atoms with E-state index in [4.69, 9.17) is 0 Å². The lowest BCUT2D eigenvalue weighted by atomic mass is 10.0. The number of fused-ring (bicyclic) bond motifs is 1. The van der Waals surface area contributed by atoms with E-state index in [0.717, 1.165) is 28.7 Å². The number of aromatic nitrogens is 3. The average molecular weight is 380 g/mol. The van der Waals surface area contributed by atoms with Crippen LogP contribution in [0.25, 0.3) is 22.2 Å². The molecule has 28 heavy (non-hydrogen) atoms. The van der Waals surface area contributed by atoms with Crippen LogP contribution in [-0.2, 0) is 0 Å². The number of anilines is 1. The monoisotopic (exact) mass is 379 g/mol. The van der Waals surface area contributed by atoms with Crippen molar-refractivity contribution in [2.45, 2.75) is 38.8 Å². The third-order valence-corrected chi connectivity index (χ3v) is 5.45. The molecule has 0 amide bonds. The fourth-order valence-electron chi connectivity index (χ4n) is 4.05. The van der Waals surface area contributed by atoms with Crippen molar-refractivity contribution in [3.05, 3.63) is 42.6 Å². The Morgan fingerprint density at radius 3 is 2.89 bits per heavy atom. The second-order valence-corrected chi connectivity index (χ2v) is 7.94. The number of nitrogens with one attached hydrogen (secondary N) is 2. The summed E-state index contributed by atoms with van der Waals surface area (Å²) in [6.07, 6.45) is 5.86. The first-order valence-electron chi connectivity index (χ1n) is 10.2. The molecule has 0 saturated carbocycles. The molecule has 1 aromatic carbocycles. The van der Waals surface area contributed by atoms with Gasteiger partial charge in [-0.15, -0.1) is 0 Å². The van der Waals surface area contributed by atoms with Crippen LogP contribution in [0.4, 0.5) is 5.82 Å². The van der Waals surface area contributed by atoms with Gasteiger partial charge in [-0.3, -0.25) is 10.1 Å². The van der Waals surface area contributed by atoms with E-state index in [1.165, 1.54) is 32.4 Å². The van der Waals surface area contributed by atoms with Crippen LogP contribution in [0.3, 0.4) is 0 Å². The highest BCUT2D eigenvalue weighted by atomic mass is 16.3. The van der Waals surface area contributed by atoms with Crippen molar-refractivity contribution in [1.29, 1.82) is 0 Å². The second kappa shape index (κ2) is 8.71. The van der Waals surface area contributed by atoms with Crippen molar-refractivity contribution in [2.75, 3.05) is 25.0 Å². The minimum absolute atomic E-state index is 0.437. The zero-order valence-corrected chi connectivity index (χ0v) is 16.4. The first kappa shape index (κ1) is 18.9. The molecule has 0 bridgehead atoms. The average Bonchev–Trinajstić information content (AvgIpc) is 3.16. The van der Waals surface area contributed by atoms with Crippen molar-refractivity contribution >= 4 is 16.7 Å². The molecule has 1 saturated heterocycles. The predicted octanol–water partition coefficient (Wildman–Crippen LogP) is 3.87. The Labute approximate surface area is 166 Å². The summed E-state index contributed by atoms with van der Waals surface area (Å²) in [5.74, 6) is 1.10. The van der Waals surface area contributed by atoms with E-state index in [1.807, 2.05) is 24.3 Å². The lowest BCUT2D eigenvalue weighted by Crippen LogP contribution is -2.35. The number of aromatic amines is 1. The van der Waals surface area contributed by atoms with Gasteiger partial charge in [-0.25, -0.2) is 0 Å². The smallest absolute Gasteiger partial charge is 0.150 e. The second-order valence-electron chi connectivity index (χ2n) is 7.94. The molecule has 1 aliphatic rings. The molecule has 6 nitrogen and oxygen atoms in total. The molecule has 1 aliphatic heterocycles. The lowest BCUT2D eigenvalue weighted by molar-refractivity contribution is 0.141. The number of pyridine rings is 1. The molecule has 148 valence electrons. The molecular formula is C22H29N5O. The number of hydrogen-bond acceptors (Lipinski definition) is 5. The molecular weight excluding hydrogens is 350 g/mol. The van der Waals surface area contributed by atoms with Gasteiger partial charge in [-0.05, 0) is 56.5 Å². The highest BCUT2D eigenvalue weighted by Crippen LogP contribution is 2.24. The maximum atomic E-state index is 10.4. The predicted molar refractivity (Wildman–Crippen MR) is 113 cm³/mol. The van der Waals surface area contributed by atoms with Crippen LogP contribution < -0.4 is 5.32 Å². The van der Waals surface area contributed by atoms with Crippen LogP contribution in [0.2, 0.25) is 0 Å². The lowest BCUT2D eigenvalue weighted by Gasteiger charge is -2.29. The van der Waals surface area contributed by atoms with Crippen molar-refractivity contribution < 1.29 is 5.11 Å². The van der Waals surface area contributed by atoms with Crippen LogP contribution in [0, 0.1) is 5.92 Å². The Balaban J connectivity index is 1.34. The van der Waals surface area contributed by atoms with Gasteiger partial charge in [-0.2, -0.15) is 5.10 Å². The van der Waals surface area contributed by atoms with Crippen molar-refractivity contribution in [3.8, 4) is 11.3 Å². The van der Waals surface area contributed by atoms with E-state index < -0.39 is 6.23 Å². The summed E-state index contributed by atoms with van der Waals surface area (Å²) in [5.41, 5.74) is 2.94. The van der Waals surface area contributed by atoms with Gasteiger partial charge >= 0.3 is 0 Å². The number of piperidine rings is 1. The summed E-state index contributed by atoms with van der Waals surface area (Å²) in [5, 5.41) is 22.0. The number of rotatable bonds is 7. The van der Waals surface area contributed by atoms with Gasteiger partial charge < -0.3 is 15.3 Å². The number of hydrogen-bond donors (Lipinski definition) is 3. The number of nitrogens with zero attached hydrogens (tertiary/aromatic N) is 3. The first-order chi connectivity index (χ1) is 13.7. The number of benzene rings is 1. The minimum atomic E-state index is -0.600. The normalized spacial score (nSPS) is 17.5. The maximum Gasteiger partial charge on any atom is 0.150 e. The summed E-state index contributed by atoms with van der Waals surface area (Å²) in [6, 6.07) is 12.1. The Morgan fingerprint density at radius 2 is 2.04 bits per heavy atom. The molecule has 0 radical (unpaired) electrons. The quantitative estimate of drug-likeness (QED) is 0.543. The molecule has 0 spiro atoms. The van der Waals surface area contributed by atoms with Gasteiger partial charge in [0.2, 0.25) is 0 Å². The van der Waals surface area contributed by atoms with Crippen molar-refractivity contribution in [2.24, 2.45) is 5.92 Å².